The van der Waals surface area contributed by atoms with E-state index >= 15 is 0 Å². The maximum absolute atomic E-state index is 14.5. The first-order chi connectivity index (χ1) is 7.43. The quantitative estimate of drug-likeness (QED) is 0.537. The Hall–Kier alpha value is 0.0800. The summed E-state index contributed by atoms with van der Waals surface area (Å²) >= 11 is 5.64. The lowest BCUT2D eigenvalue weighted by atomic mass is 9.69. The van der Waals surface area contributed by atoms with E-state index < -0.39 is 21.9 Å². The molecule has 0 aromatic rings. The van der Waals surface area contributed by atoms with Gasteiger partial charge in [0.25, 0.3) is 5.13 Å². The van der Waals surface area contributed by atoms with E-state index in [1.54, 1.807) is 20.8 Å². The zero-order valence-corrected chi connectivity index (χ0v) is 12.4. The molecule has 0 heterocycles. The van der Waals surface area contributed by atoms with Crippen LogP contribution in [0.1, 0.15) is 60.8 Å². The average Bonchev–Trinajstić information content (AvgIpc) is 2.26. The van der Waals surface area contributed by atoms with Crippen LogP contribution in [0.2, 0.25) is 0 Å². The molecule has 0 N–H and O–H groups in total. The Morgan fingerprint density at radius 3 is 1.41 bits per heavy atom. The Kier molecular flexibility index (Phi) is 5.01. The van der Waals surface area contributed by atoms with Crippen molar-refractivity contribution in [3.8, 4) is 0 Å². The number of halogens is 4. The van der Waals surface area contributed by atoms with Gasteiger partial charge in [0.2, 0.25) is 0 Å². The van der Waals surface area contributed by atoms with Crippen LogP contribution in [-0.4, -0.2) is 11.1 Å². The summed E-state index contributed by atoms with van der Waals surface area (Å²) in [7, 11) is 0. The zero-order chi connectivity index (χ0) is 14.1. The normalized spacial score (nSPS) is 18.0. The van der Waals surface area contributed by atoms with Crippen LogP contribution >= 0.6 is 11.6 Å². The standard InChI is InChI=1S/C13H24ClF3/c1-7-10(4,5)12(14,15)13(16,17)11(6,8-2)9-3/h7-9H2,1-6H3. The third-order valence-electron chi connectivity index (χ3n) is 4.45. The highest BCUT2D eigenvalue weighted by Gasteiger charge is 2.68. The molecule has 0 amide bonds. The van der Waals surface area contributed by atoms with Crippen molar-refractivity contribution < 1.29 is 13.2 Å². The van der Waals surface area contributed by atoms with Gasteiger partial charge in [0.1, 0.15) is 0 Å². The lowest BCUT2D eigenvalue weighted by Crippen LogP contribution is -2.58. The minimum absolute atomic E-state index is 0.189. The number of hydrogen-bond donors (Lipinski definition) is 0. The summed E-state index contributed by atoms with van der Waals surface area (Å²) in [5.74, 6) is -3.56. The van der Waals surface area contributed by atoms with Crippen molar-refractivity contribution in [3.63, 3.8) is 0 Å². The van der Waals surface area contributed by atoms with Crippen LogP contribution in [0.4, 0.5) is 13.2 Å². The smallest absolute Gasteiger partial charge is 0.219 e. The van der Waals surface area contributed by atoms with Crippen LogP contribution in [0.3, 0.4) is 0 Å². The molecule has 0 aliphatic heterocycles. The molecule has 4 heteroatoms. The highest BCUT2D eigenvalue weighted by Crippen LogP contribution is 2.59. The summed E-state index contributed by atoms with van der Waals surface area (Å²) in [5, 5.41) is -3.03. The van der Waals surface area contributed by atoms with E-state index in [4.69, 9.17) is 11.6 Å². The van der Waals surface area contributed by atoms with Crippen molar-refractivity contribution in [1.82, 2.24) is 0 Å². The minimum Gasteiger partial charge on any atom is -0.219 e. The van der Waals surface area contributed by atoms with Gasteiger partial charge >= 0.3 is 5.92 Å². The summed E-state index contributed by atoms with van der Waals surface area (Å²) in [6, 6.07) is 0. The minimum atomic E-state index is -3.56. The monoisotopic (exact) mass is 272 g/mol. The van der Waals surface area contributed by atoms with Crippen LogP contribution in [-0.2, 0) is 0 Å². The van der Waals surface area contributed by atoms with Gasteiger partial charge in [0, 0.05) is 10.8 Å². The maximum Gasteiger partial charge on any atom is 0.300 e. The van der Waals surface area contributed by atoms with E-state index in [9.17, 15) is 13.2 Å². The molecule has 0 aliphatic rings. The van der Waals surface area contributed by atoms with Crippen LogP contribution in [0, 0.1) is 10.8 Å². The molecule has 0 fully saturated rings. The topological polar surface area (TPSA) is 0 Å². The summed E-state index contributed by atoms with van der Waals surface area (Å²) in [6.45, 7) is 9.24. The average molecular weight is 273 g/mol. The van der Waals surface area contributed by atoms with Crippen LogP contribution in [0.5, 0.6) is 0 Å². The fraction of sp³-hybridized carbons (Fsp3) is 1.00. The fourth-order valence-corrected chi connectivity index (χ4v) is 2.08. The highest BCUT2D eigenvalue weighted by molar-refractivity contribution is 6.24. The molecule has 1 atom stereocenters. The van der Waals surface area contributed by atoms with Gasteiger partial charge in [-0.15, -0.1) is 0 Å². The van der Waals surface area contributed by atoms with Crippen molar-refractivity contribution in [2.24, 2.45) is 10.8 Å². The van der Waals surface area contributed by atoms with Crippen LogP contribution in [0.25, 0.3) is 0 Å². The highest BCUT2D eigenvalue weighted by atomic mass is 35.5. The van der Waals surface area contributed by atoms with Crippen LogP contribution < -0.4 is 0 Å². The first-order valence-electron chi connectivity index (χ1n) is 6.19. The molecule has 0 spiro atoms. The molecular weight excluding hydrogens is 249 g/mol. The molecule has 0 aliphatic carbocycles. The van der Waals surface area contributed by atoms with Gasteiger partial charge in [0.15, 0.2) is 0 Å². The lowest BCUT2D eigenvalue weighted by Gasteiger charge is -2.47. The molecule has 0 saturated carbocycles. The maximum atomic E-state index is 14.5. The largest absolute Gasteiger partial charge is 0.300 e. The molecule has 104 valence electrons. The second-order valence-electron chi connectivity index (χ2n) is 5.65. The van der Waals surface area contributed by atoms with Crippen molar-refractivity contribution in [1.29, 1.82) is 0 Å². The zero-order valence-electron chi connectivity index (χ0n) is 11.6. The summed E-state index contributed by atoms with van der Waals surface area (Å²) in [4.78, 5) is 0. The van der Waals surface area contributed by atoms with E-state index in [0.717, 1.165) is 0 Å². The van der Waals surface area contributed by atoms with Gasteiger partial charge in [-0.3, -0.25) is 0 Å². The van der Waals surface area contributed by atoms with E-state index in [2.05, 4.69) is 0 Å². The van der Waals surface area contributed by atoms with Gasteiger partial charge < -0.3 is 0 Å². The number of alkyl halides is 4. The Morgan fingerprint density at radius 2 is 1.18 bits per heavy atom. The second-order valence-corrected chi connectivity index (χ2v) is 6.17. The summed E-state index contributed by atoms with van der Waals surface area (Å²) < 4.78 is 43.4. The summed E-state index contributed by atoms with van der Waals surface area (Å²) in [6.07, 6.45) is 0.634. The molecular formula is C13H24ClF3. The van der Waals surface area contributed by atoms with Gasteiger partial charge in [-0.05, 0) is 19.3 Å². The molecule has 0 nitrogen and oxygen atoms in total. The van der Waals surface area contributed by atoms with Crippen LogP contribution in [0.15, 0.2) is 0 Å². The molecule has 0 radical (unpaired) electrons. The molecule has 17 heavy (non-hydrogen) atoms. The van der Waals surface area contributed by atoms with E-state index in [1.165, 1.54) is 20.8 Å². The number of rotatable bonds is 6. The van der Waals surface area contributed by atoms with Crippen molar-refractivity contribution in [2.45, 2.75) is 71.9 Å². The predicted octanol–water partition coefficient (Wildman–Crippen LogP) is 5.79. The fourth-order valence-electron chi connectivity index (χ4n) is 1.72. The molecule has 0 saturated heterocycles. The van der Waals surface area contributed by atoms with Crippen molar-refractivity contribution in [3.05, 3.63) is 0 Å². The van der Waals surface area contributed by atoms with Gasteiger partial charge in [0.05, 0.1) is 0 Å². The predicted molar refractivity (Wildman–Crippen MR) is 67.4 cm³/mol. The van der Waals surface area contributed by atoms with Gasteiger partial charge in [-0.1, -0.05) is 53.1 Å². The lowest BCUT2D eigenvalue weighted by molar-refractivity contribution is -0.215. The molecule has 0 aromatic carbocycles. The van der Waals surface area contributed by atoms with E-state index in [-0.39, 0.29) is 19.3 Å². The molecule has 0 rings (SSSR count). The number of hydrogen-bond acceptors (Lipinski definition) is 0. The SMILES string of the molecule is CCC(C)(C)C(F)(Cl)C(F)(F)C(C)(CC)CC. The summed E-state index contributed by atoms with van der Waals surface area (Å²) in [5.41, 5.74) is -2.69. The Morgan fingerprint density at radius 1 is 0.824 bits per heavy atom. The first-order valence-corrected chi connectivity index (χ1v) is 6.57. The Balaban J connectivity index is 5.59. The molecule has 0 aromatic heterocycles. The van der Waals surface area contributed by atoms with E-state index in [0.29, 0.717) is 0 Å². The second kappa shape index (κ2) is 4.99. The molecule has 0 bridgehead atoms. The third-order valence-corrected chi connectivity index (χ3v) is 5.20. The Bertz CT molecular complexity index is 255. The third kappa shape index (κ3) is 2.45. The van der Waals surface area contributed by atoms with Gasteiger partial charge in [-0.2, -0.15) is 0 Å². The van der Waals surface area contributed by atoms with Crippen molar-refractivity contribution >= 4 is 11.6 Å². The van der Waals surface area contributed by atoms with Gasteiger partial charge in [-0.25, -0.2) is 13.2 Å². The molecule has 1 unspecified atom stereocenters. The van der Waals surface area contributed by atoms with E-state index in [1.807, 2.05) is 0 Å². The first kappa shape index (κ1) is 17.1. The Labute approximate surface area is 108 Å². The van der Waals surface area contributed by atoms with Crippen molar-refractivity contribution in [2.75, 3.05) is 0 Å².